The highest BCUT2D eigenvalue weighted by atomic mass is 19.4. The summed E-state index contributed by atoms with van der Waals surface area (Å²) in [5.74, 6) is -2.88. The molecule has 198 valence electrons. The van der Waals surface area contributed by atoms with Crippen molar-refractivity contribution in [2.24, 2.45) is 0 Å². The number of carbonyl (C=O) groups is 1. The largest absolute Gasteiger partial charge is 0.491 e. The number of ether oxygens (including phenoxy) is 1. The van der Waals surface area contributed by atoms with Crippen LogP contribution in [0.15, 0.2) is 71.7 Å². The Hall–Kier alpha value is -4.82. The van der Waals surface area contributed by atoms with Crippen LogP contribution < -0.4 is 21.1 Å². The minimum atomic E-state index is -5.16. The predicted molar refractivity (Wildman–Crippen MR) is 122 cm³/mol. The molecule has 0 aliphatic heterocycles. The number of alkyl halides is 6. The van der Waals surface area contributed by atoms with Crippen LogP contribution in [-0.2, 0) is 17.5 Å². The number of nitrogens with one attached hydrogen (secondary N) is 3. The third-order valence-corrected chi connectivity index (χ3v) is 4.92. The summed E-state index contributed by atoms with van der Waals surface area (Å²) in [6.07, 6.45) is -8.44. The molecule has 9 nitrogen and oxygen atoms in total. The van der Waals surface area contributed by atoms with Gasteiger partial charge in [0.05, 0.1) is 11.3 Å². The van der Waals surface area contributed by atoms with Gasteiger partial charge in [0, 0.05) is 18.4 Å². The first-order valence-corrected chi connectivity index (χ1v) is 10.6. The molecule has 15 heteroatoms. The van der Waals surface area contributed by atoms with Crippen LogP contribution in [0.3, 0.4) is 0 Å². The van der Waals surface area contributed by atoms with Gasteiger partial charge in [-0.3, -0.25) is 4.98 Å². The molecular weight excluding hydrogens is 522 g/mol. The number of aromatic amines is 1. The van der Waals surface area contributed by atoms with Crippen LogP contribution in [0.5, 0.6) is 5.75 Å². The third-order valence-electron chi connectivity index (χ3n) is 4.92. The molecule has 0 saturated heterocycles. The molecule has 0 spiro atoms. The minimum absolute atomic E-state index is 0.0251. The summed E-state index contributed by atoms with van der Waals surface area (Å²) < 4.78 is 81.5. The van der Waals surface area contributed by atoms with E-state index in [1.54, 1.807) is 24.3 Å². The highest BCUT2D eigenvalue weighted by molar-refractivity contribution is 5.79. The maximum atomic E-state index is 13.0. The fourth-order valence-electron chi connectivity index (χ4n) is 3.16. The normalized spacial score (nSPS) is 11.7. The summed E-state index contributed by atoms with van der Waals surface area (Å²) in [6.45, 7) is 0.106. The van der Waals surface area contributed by atoms with Gasteiger partial charge in [0.15, 0.2) is 11.6 Å². The monoisotopic (exact) mass is 538 g/mol. The number of H-pyrrole nitrogens is 1. The van der Waals surface area contributed by atoms with Crippen molar-refractivity contribution in [1.29, 1.82) is 0 Å². The lowest BCUT2D eigenvalue weighted by Crippen LogP contribution is -2.28. The second-order valence-corrected chi connectivity index (χ2v) is 7.65. The third kappa shape index (κ3) is 6.29. The SMILES string of the molecule is O=C(Oc1cccnc1NCc1ccc(Nc2nn(-c3cccc(C(F)(F)F)c3)c(=O)[nH]2)cc1)C(F)(F)F. The lowest BCUT2D eigenvalue weighted by Gasteiger charge is -2.12. The zero-order valence-corrected chi connectivity index (χ0v) is 18.9. The number of hydrogen-bond donors (Lipinski definition) is 3. The molecule has 0 bridgehead atoms. The molecule has 0 aliphatic carbocycles. The van der Waals surface area contributed by atoms with E-state index >= 15 is 0 Å². The Morgan fingerprint density at radius 1 is 1.00 bits per heavy atom. The molecular formula is C23H16F6N6O3. The molecule has 3 N–H and O–H groups in total. The van der Waals surface area contributed by atoms with Crippen molar-refractivity contribution in [3.8, 4) is 11.4 Å². The fourth-order valence-corrected chi connectivity index (χ4v) is 3.16. The maximum Gasteiger partial charge on any atom is 0.491 e. The second-order valence-electron chi connectivity index (χ2n) is 7.65. The number of nitrogens with zero attached hydrogens (tertiary/aromatic N) is 3. The number of hydrogen-bond acceptors (Lipinski definition) is 7. The van der Waals surface area contributed by atoms with Crippen molar-refractivity contribution in [2.75, 3.05) is 10.6 Å². The fraction of sp³-hybridized carbons (Fsp3) is 0.130. The molecule has 0 aliphatic rings. The average Bonchev–Trinajstić information content (AvgIpc) is 3.23. The molecule has 0 radical (unpaired) electrons. The first-order chi connectivity index (χ1) is 17.9. The van der Waals surface area contributed by atoms with Gasteiger partial charge in [-0.1, -0.05) is 18.2 Å². The summed E-state index contributed by atoms with van der Waals surface area (Å²) in [6, 6.07) is 13.1. The van der Waals surface area contributed by atoms with Gasteiger partial charge < -0.3 is 15.4 Å². The molecule has 2 heterocycles. The van der Waals surface area contributed by atoms with Crippen LogP contribution in [0.25, 0.3) is 5.69 Å². The van der Waals surface area contributed by atoms with Crippen molar-refractivity contribution in [3.05, 3.63) is 88.5 Å². The lowest BCUT2D eigenvalue weighted by molar-refractivity contribution is -0.189. The van der Waals surface area contributed by atoms with Gasteiger partial charge in [-0.05, 0) is 48.0 Å². The van der Waals surface area contributed by atoms with Crippen molar-refractivity contribution >= 4 is 23.4 Å². The van der Waals surface area contributed by atoms with E-state index in [0.29, 0.717) is 11.3 Å². The molecule has 0 amide bonds. The van der Waals surface area contributed by atoms with Gasteiger partial charge in [-0.15, -0.1) is 5.10 Å². The summed E-state index contributed by atoms with van der Waals surface area (Å²) in [7, 11) is 0. The standard InChI is InChI=1S/C23H16F6N6O3/c24-22(25,26)14-3-1-4-16(11-14)35-21(37)33-20(34-35)32-15-8-6-13(7-9-15)12-31-18-17(5-2-10-30-18)38-19(36)23(27,28)29/h1-11H,12H2,(H,30,31)(H2,32,33,34,37). The molecule has 0 fully saturated rings. The van der Waals surface area contributed by atoms with E-state index in [-0.39, 0.29) is 24.0 Å². The van der Waals surface area contributed by atoms with Crippen LogP contribution in [0, 0.1) is 0 Å². The number of carbonyl (C=O) groups excluding carboxylic acids is 1. The predicted octanol–water partition coefficient (Wildman–Crippen LogP) is 4.80. The molecule has 2 aromatic carbocycles. The summed E-state index contributed by atoms with van der Waals surface area (Å²) in [5.41, 5.74) is -0.635. The topological polar surface area (TPSA) is 114 Å². The Morgan fingerprint density at radius 3 is 2.42 bits per heavy atom. The Morgan fingerprint density at radius 2 is 1.74 bits per heavy atom. The van der Waals surface area contributed by atoms with Crippen LogP contribution in [-0.4, -0.2) is 31.9 Å². The van der Waals surface area contributed by atoms with Crippen molar-refractivity contribution in [3.63, 3.8) is 0 Å². The highest BCUT2D eigenvalue weighted by Crippen LogP contribution is 2.30. The van der Waals surface area contributed by atoms with E-state index in [0.717, 1.165) is 28.9 Å². The Kier molecular flexibility index (Phi) is 7.10. The minimum Gasteiger partial charge on any atom is -0.416 e. The average molecular weight is 538 g/mol. The van der Waals surface area contributed by atoms with Gasteiger partial charge in [0.2, 0.25) is 5.95 Å². The zero-order valence-electron chi connectivity index (χ0n) is 18.9. The van der Waals surface area contributed by atoms with Gasteiger partial charge >= 0.3 is 24.0 Å². The molecule has 2 aromatic heterocycles. The number of benzene rings is 2. The van der Waals surface area contributed by atoms with E-state index in [4.69, 9.17) is 0 Å². The molecule has 38 heavy (non-hydrogen) atoms. The molecule has 0 atom stereocenters. The zero-order chi connectivity index (χ0) is 27.5. The van der Waals surface area contributed by atoms with Crippen molar-refractivity contribution < 1.29 is 35.9 Å². The molecule has 4 aromatic rings. The van der Waals surface area contributed by atoms with E-state index < -0.39 is 35.3 Å². The Bertz CT molecular complexity index is 1500. The number of rotatable bonds is 7. The van der Waals surface area contributed by atoms with Crippen molar-refractivity contribution in [1.82, 2.24) is 19.7 Å². The molecule has 4 rings (SSSR count). The molecule has 0 saturated carbocycles. The maximum absolute atomic E-state index is 13.0. The smallest absolute Gasteiger partial charge is 0.416 e. The summed E-state index contributed by atoms with van der Waals surface area (Å²) in [5, 5.41) is 9.57. The first-order valence-electron chi connectivity index (χ1n) is 10.6. The van der Waals surface area contributed by atoms with Gasteiger partial charge in [0.25, 0.3) is 0 Å². The number of aromatic nitrogens is 4. The number of pyridine rings is 1. The van der Waals surface area contributed by atoms with Crippen LogP contribution >= 0.6 is 0 Å². The Balaban J connectivity index is 1.41. The number of anilines is 3. The van der Waals surface area contributed by atoms with E-state index in [9.17, 15) is 35.9 Å². The quantitative estimate of drug-likeness (QED) is 0.229. The Labute approximate surface area is 209 Å². The van der Waals surface area contributed by atoms with Gasteiger partial charge in [-0.25, -0.2) is 14.6 Å². The van der Waals surface area contributed by atoms with Crippen LogP contribution in [0.1, 0.15) is 11.1 Å². The lowest BCUT2D eigenvalue weighted by atomic mass is 10.2. The first kappa shape index (κ1) is 26.2. The molecule has 0 unspecified atom stereocenters. The van der Waals surface area contributed by atoms with Crippen LogP contribution in [0.2, 0.25) is 0 Å². The van der Waals surface area contributed by atoms with E-state index in [1.165, 1.54) is 18.3 Å². The number of esters is 1. The van der Waals surface area contributed by atoms with Gasteiger partial charge in [-0.2, -0.15) is 31.0 Å². The van der Waals surface area contributed by atoms with Gasteiger partial charge in [0.1, 0.15) is 0 Å². The van der Waals surface area contributed by atoms with E-state index in [1.807, 2.05) is 0 Å². The van der Waals surface area contributed by atoms with E-state index in [2.05, 4.69) is 30.4 Å². The number of halogens is 6. The van der Waals surface area contributed by atoms with Crippen LogP contribution in [0.4, 0.5) is 43.8 Å². The second kappa shape index (κ2) is 10.3. The summed E-state index contributed by atoms with van der Waals surface area (Å²) >= 11 is 0. The van der Waals surface area contributed by atoms with Crippen molar-refractivity contribution in [2.45, 2.75) is 18.9 Å². The highest BCUT2D eigenvalue weighted by Gasteiger charge is 2.41. The summed E-state index contributed by atoms with van der Waals surface area (Å²) in [4.78, 5) is 29.6.